The van der Waals surface area contributed by atoms with Crippen LogP contribution in [0.15, 0.2) is 36.9 Å². The van der Waals surface area contributed by atoms with E-state index in [1.165, 1.54) is 18.2 Å². The predicted molar refractivity (Wildman–Crippen MR) is 104 cm³/mol. The van der Waals surface area contributed by atoms with Crippen LogP contribution in [0, 0.1) is 0 Å². The van der Waals surface area contributed by atoms with Gasteiger partial charge in [-0.3, -0.25) is 9.69 Å². The molecule has 0 spiro atoms. The van der Waals surface area contributed by atoms with Crippen LogP contribution >= 0.6 is 0 Å². The normalized spacial score (nSPS) is 16.2. The van der Waals surface area contributed by atoms with Gasteiger partial charge in [0.2, 0.25) is 0 Å². The Bertz CT molecular complexity index is 1070. The fourth-order valence-electron chi connectivity index (χ4n) is 3.52. The second-order valence-electron chi connectivity index (χ2n) is 6.78. The van der Waals surface area contributed by atoms with Crippen LogP contribution in [0.3, 0.4) is 0 Å². The minimum absolute atomic E-state index is 0.223. The van der Waals surface area contributed by atoms with Crippen LogP contribution in [0.5, 0.6) is 0 Å². The second kappa shape index (κ2) is 7.06. The number of carbonyl (C=O) groups excluding carboxylic acids is 1. The molecule has 3 heterocycles. The summed E-state index contributed by atoms with van der Waals surface area (Å²) in [4.78, 5) is 31.9. The van der Waals surface area contributed by atoms with E-state index in [1.54, 1.807) is 6.08 Å². The summed E-state index contributed by atoms with van der Waals surface area (Å²) in [5.74, 6) is -0.223. The van der Waals surface area contributed by atoms with Crippen molar-refractivity contribution in [3.63, 3.8) is 0 Å². The first-order valence-corrected chi connectivity index (χ1v) is 9.16. The molecule has 5 rings (SSSR count). The standard InChI is InChI=1S/C20H18N6O2/c27-20(15-9-16-17-18(15)22-12-24-19(17)23-11-21-16)25-14-3-1-13(2-4-14)10-26-5-7-28-8-6-26/h1-4,9,11-12H,5-8,10H2,(H,25,27). The van der Waals surface area contributed by atoms with Crippen LogP contribution in [0.1, 0.15) is 17.0 Å². The monoisotopic (exact) mass is 374 g/mol. The van der Waals surface area contributed by atoms with Crippen molar-refractivity contribution in [1.29, 1.82) is 0 Å². The lowest BCUT2D eigenvalue weighted by Gasteiger charge is -2.26. The van der Waals surface area contributed by atoms with Crippen LogP contribution in [0.2, 0.25) is 0 Å². The van der Waals surface area contributed by atoms with E-state index in [4.69, 9.17) is 4.74 Å². The number of benzene rings is 1. The van der Waals surface area contributed by atoms with E-state index in [-0.39, 0.29) is 5.91 Å². The average Bonchev–Trinajstić information content (AvgIpc) is 3.11. The summed E-state index contributed by atoms with van der Waals surface area (Å²) >= 11 is 0. The molecular formula is C20H18N6O2. The zero-order chi connectivity index (χ0) is 18.9. The van der Waals surface area contributed by atoms with Crippen molar-refractivity contribution in [2.45, 2.75) is 6.54 Å². The minimum Gasteiger partial charge on any atom is -0.379 e. The summed E-state index contributed by atoms with van der Waals surface area (Å²) in [6.07, 6.45) is 4.59. The third kappa shape index (κ3) is 3.12. The highest BCUT2D eigenvalue weighted by atomic mass is 16.5. The Labute approximate surface area is 161 Å². The molecule has 3 aromatic rings. The van der Waals surface area contributed by atoms with Gasteiger partial charge < -0.3 is 10.1 Å². The maximum atomic E-state index is 12.8. The van der Waals surface area contributed by atoms with Gasteiger partial charge in [0.1, 0.15) is 12.7 Å². The van der Waals surface area contributed by atoms with Crippen molar-refractivity contribution in [2.75, 3.05) is 31.6 Å². The third-order valence-electron chi connectivity index (χ3n) is 4.96. The number of rotatable bonds is 4. The van der Waals surface area contributed by atoms with Gasteiger partial charge in [-0.15, -0.1) is 0 Å². The Kier molecular flexibility index (Phi) is 4.27. The maximum absolute atomic E-state index is 12.8. The highest BCUT2D eigenvalue weighted by Gasteiger charge is 2.25. The summed E-state index contributed by atoms with van der Waals surface area (Å²) in [6.45, 7) is 4.35. The van der Waals surface area contributed by atoms with Crippen LogP contribution < -0.4 is 5.32 Å². The van der Waals surface area contributed by atoms with Crippen LogP contribution in [-0.4, -0.2) is 57.0 Å². The summed E-state index contributed by atoms with van der Waals surface area (Å²) in [5, 5.41) is 3.66. The van der Waals surface area contributed by atoms with Crippen molar-refractivity contribution in [1.82, 2.24) is 24.8 Å². The first-order chi connectivity index (χ1) is 13.8. The van der Waals surface area contributed by atoms with Gasteiger partial charge in [0.15, 0.2) is 5.65 Å². The number of aromatic nitrogens is 4. The number of morpholine rings is 1. The van der Waals surface area contributed by atoms with Crippen LogP contribution in [-0.2, 0) is 16.1 Å². The fraction of sp³-hybridized carbons (Fsp3) is 0.250. The Morgan fingerprint density at radius 3 is 2.57 bits per heavy atom. The minimum atomic E-state index is -0.223. The molecule has 0 atom stereocenters. The van der Waals surface area contributed by atoms with Gasteiger partial charge in [0.25, 0.3) is 5.91 Å². The first-order valence-electron chi connectivity index (χ1n) is 9.16. The molecule has 1 aromatic carbocycles. The van der Waals surface area contributed by atoms with E-state index >= 15 is 0 Å². The SMILES string of the molecule is O=C(Nc1ccc(CN2CCOCC2)cc1)C1=Cc2ncnc3ncnc1c23. The zero-order valence-electron chi connectivity index (χ0n) is 15.1. The molecule has 1 N–H and O–H groups in total. The molecule has 8 nitrogen and oxygen atoms in total. The summed E-state index contributed by atoms with van der Waals surface area (Å²) in [7, 11) is 0. The van der Waals surface area contributed by atoms with Gasteiger partial charge in [-0.1, -0.05) is 12.1 Å². The van der Waals surface area contributed by atoms with Gasteiger partial charge in [-0.2, -0.15) is 0 Å². The molecular weight excluding hydrogens is 356 g/mol. The van der Waals surface area contributed by atoms with E-state index in [9.17, 15) is 4.79 Å². The lowest BCUT2D eigenvalue weighted by molar-refractivity contribution is -0.111. The maximum Gasteiger partial charge on any atom is 0.257 e. The van der Waals surface area contributed by atoms with Crippen molar-refractivity contribution in [3.05, 3.63) is 53.9 Å². The molecule has 8 heteroatoms. The molecule has 140 valence electrons. The van der Waals surface area contributed by atoms with Gasteiger partial charge in [-0.25, -0.2) is 19.9 Å². The van der Waals surface area contributed by atoms with E-state index in [0.29, 0.717) is 22.6 Å². The smallest absolute Gasteiger partial charge is 0.257 e. The number of nitrogens with one attached hydrogen (secondary N) is 1. The van der Waals surface area contributed by atoms with Crippen LogP contribution in [0.4, 0.5) is 5.69 Å². The molecule has 0 saturated carbocycles. The molecule has 0 radical (unpaired) electrons. The number of nitrogens with zero attached hydrogens (tertiary/aromatic N) is 5. The van der Waals surface area contributed by atoms with Gasteiger partial charge in [0.05, 0.1) is 35.6 Å². The highest BCUT2D eigenvalue weighted by Crippen LogP contribution is 2.32. The summed E-state index contributed by atoms with van der Waals surface area (Å²) < 4.78 is 5.38. The Balaban J connectivity index is 1.31. The average molecular weight is 374 g/mol. The Morgan fingerprint density at radius 2 is 1.79 bits per heavy atom. The van der Waals surface area contributed by atoms with Gasteiger partial charge in [0, 0.05) is 25.3 Å². The van der Waals surface area contributed by atoms with E-state index in [2.05, 4.69) is 30.2 Å². The van der Waals surface area contributed by atoms with Crippen molar-refractivity contribution >= 4 is 34.3 Å². The highest BCUT2D eigenvalue weighted by molar-refractivity contribution is 6.33. The molecule has 1 amide bonds. The van der Waals surface area contributed by atoms with E-state index < -0.39 is 0 Å². The molecule has 2 aliphatic rings. The quantitative estimate of drug-likeness (QED) is 0.743. The molecule has 1 saturated heterocycles. The Morgan fingerprint density at radius 1 is 1.04 bits per heavy atom. The fourth-order valence-corrected chi connectivity index (χ4v) is 3.52. The lowest BCUT2D eigenvalue weighted by atomic mass is 10.1. The third-order valence-corrected chi connectivity index (χ3v) is 4.96. The number of ether oxygens (including phenoxy) is 1. The molecule has 1 aliphatic carbocycles. The number of hydrogen-bond acceptors (Lipinski definition) is 7. The number of amides is 1. The topological polar surface area (TPSA) is 93.1 Å². The van der Waals surface area contributed by atoms with E-state index in [1.807, 2.05) is 24.3 Å². The van der Waals surface area contributed by atoms with Crippen molar-refractivity contribution < 1.29 is 9.53 Å². The molecule has 2 aromatic heterocycles. The number of carbonyl (C=O) groups is 1. The molecule has 28 heavy (non-hydrogen) atoms. The lowest BCUT2D eigenvalue weighted by Crippen LogP contribution is -2.35. The molecule has 0 unspecified atom stereocenters. The number of anilines is 1. The van der Waals surface area contributed by atoms with Gasteiger partial charge >= 0.3 is 0 Å². The molecule has 1 fully saturated rings. The van der Waals surface area contributed by atoms with Gasteiger partial charge in [-0.05, 0) is 23.8 Å². The summed E-state index contributed by atoms with van der Waals surface area (Å²) in [5.41, 5.74) is 4.21. The molecule has 0 bridgehead atoms. The van der Waals surface area contributed by atoms with Crippen molar-refractivity contribution in [2.24, 2.45) is 0 Å². The van der Waals surface area contributed by atoms with Crippen LogP contribution in [0.25, 0.3) is 22.7 Å². The predicted octanol–water partition coefficient (Wildman–Crippen LogP) is 1.74. The summed E-state index contributed by atoms with van der Waals surface area (Å²) in [6, 6.07) is 7.92. The zero-order valence-corrected chi connectivity index (χ0v) is 15.1. The second-order valence-corrected chi connectivity index (χ2v) is 6.78. The first kappa shape index (κ1) is 16.9. The van der Waals surface area contributed by atoms with E-state index in [0.717, 1.165) is 43.9 Å². The largest absolute Gasteiger partial charge is 0.379 e. The Hall–Kier alpha value is -3.23. The van der Waals surface area contributed by atoms with Crippen molar-refractivity contribution in [3.8, 4) is 0 Å². The number of hydrogen-bond donors (Lipinski definition) is 1. The molecule has 1 aliphatic heterocycles.